The number of aryl methyl sites for hydroxylation is 1. The van der Waals surface area contributed by atoms with E-state index in [1.165, 1.54) is 0 Å². The topological polar surface area (TPSA) is 96.6 Å². The fourth-order valence-corrected chi connectivity index (χ4v) is 6.42. The van der Waals surface area contributed by atoms with E-state index in [9.17, 15) is 45.5 Å². The largest absolute Gasteiger partial charge is 0.444 e. The maximum atomic E-state index is 15.5. The van der Waals surface area contributed by atoms with Crippen LogP contribution in [0.25, 0.3) is 38.4 Å². The molecule has 61 heavy (non-hydrogen) atoms. The molecule has 0 bridgehead atoms. The number of nitrogens with zero attached hydrogens (tertiary/aromatic N) is 2. The minimum Gasteiger partial charge on any atom is -0.444 e. The second kappa shape index (κ2) is 14.0. The fourth-order valence-electron chi connectivity index (χ4n) is 6.42. The first-order chi connectivity index (χ1) is 28.4. The molecule has 0 radical (unpaired) electrons. The van der Waals surface area contributed by atoms with Gasteiger partial charge in [0.25, 0.3) is 22.2 Å². The van der Waals surface area contributed by atoms with Crippen LogP contribution in [0.3, 0.4) is 0 Å². The Hall–Kier alpha value is -7.14. The van der Waals surface area contributed by atoms with Gasteiger partial charge in [0.05, 0.1) is 32.7 Å². The average Bonchev–Trinajstić information content (AvgIpc) is 3.60. The summed E-state index contributed by atoms with van der Waals surface area (Å²) in [6.45, 7) is 1.52. The van der Waals surface area contributed by atoms with E-state index in [4.69, 9.17) is 0 Å². The summed E-state index contributed by atoms with van der Waals surface area (Å²) in [4.78, 5) is 51.6. The van der Waals surface area contributed by atoms with Crippen molar-refractivity contribution in [2.75, 3.05) is 0 Å². The molecule has 316 valence electrons. The summed E-state index contributed by atoms with van der Waals surface area (Å²) in [5, 5.41) is -2.41. The molecule has 0 aliphatic carbocycles. The van der Waals surface area contributed by atoms with Gasteiger partial charge in [-0.25, -0.2) is 39.7 Å². The van der Waals surface area contributed by atoms with Crippen molar-refractivity contribution in [1.29, 1.82) is 0 Å². The maximum Gasteiger partial charge on any atom is 0.266 e. The normalized spacial score (nSPS) is 11.8. The Morgan fingerprint density at radius 2 is 0.689 bits per heavy atom. The van der Waals surface area contributed by atoms with E-state index < -0.39 is 187 Å². The first-order valence-electron chi connectivity index (χ1n) is 16.0. The van der Waals surface area contributed by atoms with E-state index in [2.05, 4.69) is 9.47 Å². The Labute approximate surface area is 322 Å². The lowest BCUT2D eigenvalue weighted by Gasteiger charge is -2.17. The van der Waals surface area contributed by atoms with Gasteiger partial charge >= 0.3 is 0 Å². The van der Waals surface area contributed by atoms with Gasteiger partial charge in [0.15, 0.2) is 46.5 Å². The molecule has 8 nitrogen and oxygen atoms in total. The maximum absolute atomic E-state index is 15.5. The third kappa shape index (κ3) is 5.56. The third-order valence-electron chi connectivity index (χ3n) is 9.45. The summed E-state index contributed by atoms with van der Waals surface area (Å²) in [6, 6.07) is 0.681. The zero-order valence-corrected chi connectivity index (χ0v) is 29.5. The number of halogens is 16. The van der Waals surface area contributed by atoms with Gasteiger partial charge in [-0.3, -0.25) is 23.7 Å². The van der Waals surface area contributed by atoms with Crippen molar-refractivity contribution < 1.29 is 79.7 Å². The second-order valence-electron chi connectivity index (χ2n) is 12.7. The Balaban J connectivity index is 1.35. The van der Waals surface area contributed by atoms with Crippen LogP contribution in [0.15, 0.2) is 25.2 Å². The van der Waals surface area contributed by atoms with Gasteiger partial charge in [0.1, 0.15) is 5.69 Å². The van der Waals surface area contributed by atoms with Crippen molar-refractivity contribution in [3.63, 3.8) is 0 Å². The van der Waals surface area contributed by atoms with Crippen molar-refractivity contribution in [3.8, 4) is 39.8 Å². The third-order valence-corrected chi connectivity index (χ3v) is 9.45. The SMILES string of the molecule is Cc1c(F)c(F)c(Oc2c(F)c(F)c(-c3c(F)c(F)c(Oc4c(F)c(F)c(-n5c(=O)c6cc7c(=O)n(C)c(=O)c7c(C)c6c5=O)c(F)c4F)c(F)c3F)c(F)c2F)c(F)c1F. The Morgan fingerprint density at radius 3 is 1.07 bits per heavy atom. The summed E-state index contributed by atoms with van der Waals surface area (Å²) in [7, 11) is 1.04. The van der Waals surface area contributed by atoms with Gasteiger partial charge in [-0.15, -0.1) is 0 Å². The minimum absolute atomic E-state index is 0.382. The molecule has 0 fully saturated rings. The summed E-state index contributed by atoms with van der Waals surface area (Å²) < 4.78 is 248. The molecular formula is C37H10F16N2O6. The Morgan fingerprint density at radius 1 is 0.377 bits per heavy atom. The van der Waals surface area contributed by atoms with E-state index >= 15 is 43.9 Å². The molecule has 0 amide bonds. The van der Waals surface area contributed by atoms with Gasteiger partial charge in [-0.1, -0.05) is 0 Å². The predicted molar refractivity (Wildman–Crippen MR) is 174 cm³/mol. The van der Waals surface area contributed by atoms with Crippen LogP contribution in [-0.2, 0) is 7.05 Å². The molecule has 2 aromatic heterocycles. The van der Waals surface area contributed by atoms with Crippen LogP contribution in [0.2, 0.25) is 0 Å². The van der Waals surface area contributed by atoms with Crippen LogP contribution in [0.1, 0.15) is 11.1 Å². The number of benzene rings is 5. The molecule has 0 spiro atoms. The van der Waals surface area contributed by atoms with Crippen molar-refractivity contribution in [3.05, 3.63) is 152 Å². The molecule has 0 atom stereocenters. The molecule has 2 heterocycles. The lowest BCUT2D eigenvalue weighted by atomic mass is 10.0. The van der Waals surface area contributed by atoms with Crippen LogP contribution in [0.4, 0.5) is 70.2 Å². The van der Waals surface area contributed by atoms with Gasteiger partial charge in [-0.05, 0) is 25.5 Å². The number of fused-ring (bicyclic) bond motifs is 2. The molecule has 0 saturated heterocycles. The molecule has 0 aliphatic rings. The van der Waals surface area contributed by atoms with Crippen molar-refractivity contribution >= 4 is 21.5 Å². The molecule has 7 rings (SSSR count). The molecular weight excluding hydrogens is 872 g/mol. The summed E-state index contributed by atoms with van der Waals surface area (Å²) >= 11 is 0. The molecule has 0 saturated carbocycles. The van der Waals surface area contributed by atoms with Crippen LogP contribution in [-0.4, -0.2) is 9.13 Å². The predicted octanol–water partition coefficient (Wildman–Crippen LogP) is 8.53. The van der Waals surface area contributed by atoms with Crippen molar-refractivity contribution in [1.82, 2.24) is 9.13 Å². The monoisotopic (exact) mass is 882 g/mol. The molecule has 5 aromatic carbocycles. The zero-order valence-electron chi connectivity index (χ0n) is 29.5. The van der Waals surface area contributed by atoms with Gasteiger partial charge < -0.3 is 9.47 Å². The minimum atomic E-state index is -3.12. The van der Waals surface area contributed by atoms with E-state index in [0.29, 0.717) is 17.6 Å². The van der Waals surface area contributed by atoms with Crippen LogP contribution in [0.5, 0.6) is 23.0 Å². The smallest absolute Gasteiger partial charge is 0.266 e. The van der Waals surface area contributed by atoms with Gasteiger partial charge in [-0.2, -0.15) is 35.1 Å². The second-order valence-corrected chi connectivity index (χ2v) is 12.7. The highest BCUT2D eigenvalue weighted by molar-refractivity contribution is 6.02. The first kappa shape index (κ1) is 42.0. The van der Waals surface area contributed by atoms with Gasteiger partial charge in [0, 0.05) is 12.6 Å². The van der Waals surface area contributed by atoms with Crippen LogP contribution >= 0.6 is 0 Å². The average molecular weight is 882 g/mol. The van der Waals surface area contributed by atoms with Crippen molar-refractivity contribution in [2.24, 2.45) is 7.05 Å². The molecule has 0 aliphatic heterocycles. The first-order valence-corrected chi connectivity index (χ1v) is 16.0. The number of hydrogen-bond donors (Lipinski definition) is 0. The van der Waals surface area contributed by atoms with E-state index in [1.807, 2.05) is 0 Å². The molecule has 0 unspecified atom stereocenters. The molecule has 24 heteroatoms. The zero-order chi connectivity index (χ0) is 45.3. The quantitative estimate of drug-likeness (QED) is 0.123. The fraction of sp³-hybridized carbons (Fsp3) is 0.0811. The van der Waals surface area contributed by atoms with E-state index in [1.54, 1.807) is 0 Å². The summed E-state index contributed by atoms with van der Waals surface area (Å²) in [5.41, 5.74) is -14.7. The number of hydrogen-bond acceptors (Lipinski definition) is 6. The van der Waals surface area contributed by atoms with E-state index in [0.717, 1.165) is 14.0 Å². The number of rotatable bonds is 6. The standard InChI is InChI=1S/C37H10F16N2O6/c1-5-9-7(34(56)54(3)36(9)58)4-8-10(5)37(59)55(35(8)57)29-19(44)27(52)33(28(53)20(29)45)61-32-25(50)17(42)12(18(43)26(32)51)11-15(40)23(48)31(24(49)16(11)41)60-30-21(46)13(38)6(2)14(39)22(30)47/h4H,1-3H3. The summed E-state index contributed by atoms with van der Waals surface area (Å²) in [5.74, 6) is -55.5. The number of ether oxygens (including phenoxy) is 2. The lowest BCUT2D eigenvalue weighted by Crippen LogP contribution is -2.27. The molecule has 7 aromatic rings. The van der Waals surface area contributed by atoms with Crippen LogP contribution < -0.4 is 31.7 Å². The van der Waals surface area contributed by atoms with Crippen LogP contribution in [0, 0.1) is 107 Å². The van der Waals surface area contributed by atoms with Crippen molar-refractivity contribution in [2.45, 2.75) is 13.8 Å². The Kier molecular flexibility index (Phi) is 9.62. The lowest BCUT2D eigenvalue weighted by molar-refractivity contribution is 0.321. The number of aromatic nitrogens is 2. The summed E-state index contributed by atoms with van der Waals surface area (Å²) in [6.07, 6.45) is 0. The highest BCUT2D eigenvalue weighted by Gasteiger charge is 2.39. The highest BCUT2D eigenvalue weighted by atomic mass is 19.2. The molecule has 0 N–H and O–H groups in total. The van der Waals surface area contributed by atoms with E-state index in [-0.39, 0.29) is 5.56 Å². The Bertz CT molecular complexity index is 3290. The van der Waals surface area contributed by atoms with Gasteiger partial charge in [0.2, 0.25) is 69.5 Å². The highest BCUT2D eigenvalue weighted by Crippen LogP contribution is 2.45.